The van der Waals surface area contributed by atoms with Gasteiger partial charge in [0.05, 0.1) is 0 Å². The molecule has 0 spiro atoms. The SMILES string of the molecule is CN1CCC(CNC(=O)c2cc(F)c[nH]2)C1. The third-order valence-electron chi connectivity index (χ3n) is 2.93. The normalized spacial score (nSPS) is 21.2. The number of hydrogen-bond acceptors (Lipinski definition) is 2. The number of aromatic nitrogens is 1. The Hall–Kier alpha value is -1.36. The highest BCUT2D eigenvalue weighted by atomic mass is 19.1. The van der Waals surface area contributed by atoms with Crippen molar-refractivity contribution in [1.29, 1.82) is 0 Å². The van der Waals surface area contributed by atoms with Crippen LogP contribution < -0.4 is 5.32 Å². The fraction of sp³-hybridized carbons (Fsp3) is 0.545. The lowest BCUT2D eigenvalue weighted by Gasteiger charge is -2.10. The van der Waals surface area contributed by atoms with E-state index in [-0.39, 0.29) is 11.6 Å². The van der Waals surface area contributed by atoms with E-state index in [0.717, 1.165) is 19.5 Å². The first-order valence-corrected chi connectivity index (χ1v) is 5.46. The molecule has 1 aromatic heterocycles. The number of amides is 1. The molecule has 0 saturated carbocycles. The van der Waals surface area contributed by atoms with Crippen molar-refractivity contribution in [1.82, 2.24) is 15.2 Å². The molecule has 1 unspecified atom stereocenters. The molecule has 5 heteroatoms. The molecule has 0 radical (unpaired) electrons. The molecule has 1 aliphatic rings. The van der Waals surface area contributed by atoms with Crippen molar-refractivity contribution in [3.63, 3.8) is 0 Å². The van der Waals surface area contributed by atoms with Crippen molar-refractivity contribution in [2.45, 2.75) is 6.42 Å². The molecule has 1 fully saturated rings. The number of H-pyrrole nitrogens is 1. The number of carbonyl (C=O) groups excluding carboxylic acids is 1. The summed E-state index contributed by atoms with van der Waals surface area (Å²) in [5.74, 6) is -0.141. The minimum absolute atomic E-state index is 0.238. The molecule has 0 bridgehead atoms. The lowest BCUT2D eigenvalue weighted by Crippen LogP contribution is -2.30. The van der Waals surface area contributed by atoms with E-state index >= 15 is 0 Å². The molecule has 16 heavy (non-hydrogen) atoms. The monoisotopic (exact) mass is 225 g/mol. The zero-order chi connectivity index (χ0) is 11.5. The Bertz CT molecular complexity index is 377. The van der Waals surface area contributed by atoms with Gasteiger partial charge in [-0.15, -0.1) is 0 Å². The number of rotatable bonds is 3. The molecule has 0 aromatic carbocycles. The van der Waals surface area contributed by atoms with E-state index in [2.05, 4.69) is 22.2 Å². The summed E-state index contributed by atoms with van der Waals surface area (Å²) < 4.78 is 12.7. The van der Waals surface area contributed by atoms with Gasteiger partial charge in [0, 0.05) is 25.4 Å². The zero-order valence-corrected chi connectivity index (χ0v) is 9.29. The first kappa shape index (κ1) is 11.1. The topological polar surface area (TPSA) is 48.1 Å². The van der Waals surface area contributed by atoms with Crippen molar-refractivity contribution in [2.75, 3.05) is 26.7 Å². The van der Waals surface area contributed by atoms with Crippen molar-refractivity contribution in [3.05, 3.63) is 23.8 Å². The van der Waals surface area contributed by atoms with E-state index in [1.54, 1.807) is 0 Å². The Morgan fingerprint density at radius 1 is 1.75 bits per heavy atom. The molecule has 0 aliphatic carbocycles. The van der Waals surface area contributed by atoms with E-state index in [4.69, 9.17) is 0 Å². The van der Waals surface area contributed by atoms with E-state index in [1.807, 2.05) is 0 Å². The molecule has 1 saturated heterocycles. The van der Waals surface area contributed by atoms with Crippen LogP contribution in [-0.2, 0) is 0 Å². The lowest BCUT2D eigenvalue weighted by atomic mass is 10.1. The number of nitrogens with one attached hydrogen (secondary N) is 2. The van der Waals surface area contributed by atoms with Gasteiger partial charge >= 0.3 is 0 Å². The van der Waals surface area contributed by atoms with Crippen LogP contribution in [0.5, 0.6) is 0 Å². The summed E-state index contributed by atoms with van der Waals surface area (Å²) in [5, 5.41) is 2.81. The summed E-state index contributed by atoms with van der Waals surface area (Å²) in [4.78, 5) is 16.4. The van der Waals surface area contributed by atoms with E-state index in [0.29, 0.717) is 12.5 Å². The van der Waals surface area contributed by atoms with Gasteiger partial charge < -0.3 is 15.2 Å². The van der Waals surface area contributed by atoms with Crippen molar-refractivity contribution >= 4 is 5.91 Å². The number of likely N-dealkylation sites (tertiary alicyclic amines) is 1. The molecule has 4 nitrogen and oxygen atoms in total. The maximum Gasteiger partial charge on any atom is 0.267 e. The van der Waals surface area contributed by atoms with Crippen molar-refractivity contribution in [3.8, 4) is 0 Å². The molecule has 1 aliphatic heterocycles. The van der Waals surface area contributed by atoms with Gasteiger partial charge in [0.15, 0.2) is 0 Å². The minimum Gasteiger partial charge on any atom is -0.355 e. The van der Waals surface area contributed by atoms with Gasteiger partial charge in [-0.3, -0.25) is 4.79 Å². The molecule has 88 valence electrons. The second-order valence-electron chi connectivity index (χ2n) is 4.36. The molecule has 2 rings (SSSR count). The highest BCUT2D eigenvalue weighted by Crippen LogP contribution is 2.13. The predicted molar refractivity (Wildman–Crippen MR) is 58.7 cm³/mol. The van der Waals surface area contributed by atoms with Crippen LogP contribution in [0.15, 0.2) is 12.3 Å². The molecule has 1 atom stereocenters. The molecule has 1 amide bonds. The Balaban J connectivity index is 1.80. The molecular formula is C11H16FN3O. The van der Waals surface area contributed by atoms with E-state index in [9.17, 15) is 9.18 Å². The summed E-state index contributed by atoms with van der Waals surface area (Å²) in [6, 6.07) is 1.20. The van der Waals surface area contributed by atoms with Crippen molar-refractivity contribution in [2.24, 2.45) is 5.92 Å². The molecule has 1 aromatic rings. The van der Waals surface area contributed by atoms with Crippen LogP contribution in [0.2, 0.25) is 0 Å². The quantitative estimate of drug-likeness (QED) is 0.800. The summed E-state index contributed by atoms with van der Waals surface area (Å²) in [7, 11) is 2.07. The van der Waals surface area contributed by atoms with Gasteiger partial charge in [-0.1, -0.05) is 0 Å². The van der Waals surface area contributed by atoms with E-state index < -0.39 is 5.82 Å². The Morgan fingerprint density at radius 3 is 3.12 bits per heavy atom. The number of halogens is 1. The van der Waals surface area contributed by atoms with Crippen LogP contribution in [0, 0.1) is 11.7 Å². The van der Waals surface area contributed by atoms with Gasteiger partial charge in [-0.25, -0.2) is 4.39 Å². The average Bonchev–Trinajstić information content (AvgIpc) is 2.84. The lowest BCUT2D eigenvalue weighted by molar-refractivity contribution is 0.0943. The number of hydrogen-bond donors (Lipinski definition) is 2. The van der Waals surface area contributed by atoms with E-state index in [1.165, 1.54) is 12.3 Å². The molecule has 2 N–H and O–H groups in total. The van der Waals surface area contributed by atoms with Crippen LogP contribution in [0.25, 0.3) is 0 Å². The van der Waals surface area contributed by atoms with Gasteiger partial charge in [-0.05, 0) is 25.9 Å². The highest BCUT2D eigenvalue weighted by Gasteiger charge is 2.20. The van der Waals surface area contributed by atoms with Gasteiger partial charge in [-0.2, -0.15) is 0 Å². The molecule has 2 heterocycles. The highest BCUT2D eigenvalue weighted by molar-refractivity contribution is 5.92. The standard InChI is InChI=1S/C11H16FN3O/c1-15-3-2-8(7-15)5-14-11(16)10-4-9(12)6-13-10/h4,6,8,13H,2-3,5,7H2,1H3,(H,14,16). The van der Waals surface area contributed by atoms with Crippen LogP contribution in [0.3, 0.4) is 0 Å². The maximum atomic E-state index is 12.7. The smallest absolute Gasteiger partial charge is 0.267 e. The third-order valence-corrected chi connectivity index (χ3v) is 2.93. The van der Waals surface area contributed by atoms with Gasteiger partial charge in [0.25, 0.3) is 5.91 Å². The van der Waals surface area contributed by atoms with Crippen LogP contribution in [0.1, 0.15) is 16.9 Å². The number of aromatic amines is 1. The first-order valence-electron chi connectivity index (χ1n) is 5.46. The largest absolute Gasteiger partial charge is 0.355 e. The second kappa shape index (κ2) is 4.65. The summed E-state index contributed by atoms with van der Waals surface area (Å²) in [6.45, 7) is 2.75. The summed E-state index contributed by atoms with van der Waals surface area (Å²) >= 11 is 0. The fourth-order valence-electron chi connectivity index (χ4n) is 2.02. The van der Waals surface area contributed by atoms with Crippen molar-refractivity contribution < 1.29 is 9.18 Å². The number of carbonyl (C=O) groups is 1. The average molecular weight is 225 g/mol. The maximum absolute atomic E-state index is 12.7. The van der Waals surface area contributed by atoms with Crippen LogP contribution >= 0.6 is 0 Å². The fourth-order valence-corrected chi connectivity index (χ4v) is 2.02. The Kier molecular flexibility index (Phi) is 3.24. The summed E-state index contributed by atoms with van der Waals surface area (Å²) in [6.07, 6.45) is 2.29. The van der Waals surface area contributed by atoms with Crippen LogP contribution in [-0.4, -0.2) is 42.5 Å². The van der Waals surface area contributed by atoms with Gasteiger partial charge in [0.1, 0.15) is 11.5 Å². The van der Waals surface area contributed by atoms with Gasteiger partial charge in [0.2, 0.25) is 0 Å². The first-order chi connectivity index (χ1) is 7.65. The zero-order valence-electron chi connectivity index (χ0n) is 9.29. The molecular weight excluding hydrogens is 209 g/mol. The Labute approximate surface area is 93.8 Å². The summed E-state index contributed by atoms with van der Waals surface area (Å²) in [5.41, 5.74) is 0.281. The second-order valence-corrected chi connectivity index (χ2v) is 4.36. The Morgan fingerprint density at radius 2 is 2.56 bits per heavy atom. The third kappa shape index (κ3) is 2.61. The predicted octanol–water partition coefficient (Wildman–Crippen LogP) is 0.835. The van der Waals surface area contributed by atoms with Crippen LogP contribution in [0.4, 0.5) is 4.39 Å². The minimum atomic E-state index is -0.411. The number of nitrogens with zero attached hydrogens (tertiary/aromatic N) is 1.